The number of aromatic carboxylic acids is 1. The van der Waals surface area contributed by atoms with Crippen molar-refractivity contribution in [3.05, 3.63) is 48.2 Å². The second kappa shape index (κ2) is 5.30. The maximum Gasteiger partial charge on any atom is 0.335 e. The van der Waals surface area contributed by atoms with Gasteiger partial charge in [0.15, 0.2) is 0 Å². The standard InChI is InChI=1S/C13H11NO5S/c1-19-12-7-6-11(8-14-12)20(17,18)10-4-2-9(3-5-10)13(15)16/h2-8H,1H3,(H,15,16). The van der Waals surface area contributed by atoms with Crippen molar-refractivity contribution in [2.24, 2.45) is 0 Å². The first-order valence-corrected chi connectivity index (χ1v) is 7.02. The summed E-state index contributed by atoms with van der Waals surface area (Å²) in [6.07, 6.45) is 1.19. The molecule has 0 fully saturated rings. The predicted octanol–water partition coefficient (Wildman–Crippen LogP) is 1.62. The average Bonchev–Trinajstić information content (AvgIpc) is 2.47. The van der Waals surface area contributed by atoms with Crippen LogP contribution in [0.3, 0.4) is 0 Å². The first-order valence-electron chi connectivity index (χ1n) is 5.53. The molecule has 7 heteroatoms. The Labute approximate surface area is 115 Å². The van der Waals surface area contributed by atoms with E-state index in [1.807, 2.05) is 0 Å². The third-order valence-electron chi connectivity index (χ3n) is 2.64. The summed E-state index contributed by atoms with van der Waals surface area (Å²) < 4.78 is 29.4. The van der Waals surface area contributed by atoms with Crippen LogP contribution in [0.1, 0.15) is 10.4 Å². The molecule has 20 heavy (non-hydrogen) atoms. The van der Waals surface area contributed by atoms with Gasteiger partial charge in [0.2, 0.25) is 15.7 Å². The molecule has 0 unspecified atom stereocenters. The van der Waals surface area contributed by atoms with Crippen LogP contribution in [-0.2, 0) is 9.84 Å². The molecule has 0 saturated carbocycles. The summed E-state index contributed by atoms with van der Waals surface area (Å²) >= 11 is 0. The van der Waals surface area contributed by atoms with Gasteiger partial charge in [-0.1, -0.05) is 0 Å². The zero-order chi connectivity index (χ0) is 14.8. The van der Waals surface area contributed by atoms with E-state index in [-0.39, 0.29) is 15.4 Å². The van der Waals surface area contributed by atoms with E-state index >= 15 is 0 Å². The normalized spacial score (nSPS) is 11.1. The number of hydrogen-bond donors (Lipinski definition) is 1. The Morgan fingerprint density at radius 2 is 1.70 bits per heavy atom. The van der Waals surface area contributed by atoms with Crippen LogP contribution in [0.15, 0.2) is 52.4 Å². The molecule has 0 spiro atoms. The molecule has 0 aliphatic carbocycles. The van der Waals surface area contributed by atoms with Crippen molar-refractivity contribution in [2.45, 2.75) is 9.79 Å². The second-order valence-corrected chi connectivity index (χ2v) is 5.82. The van der Waals surface area contributed by atoms with E-state index in [2.05, 4.69) is 4.98 Å². The highest BCUT2D eigenvalue weighted by molar-refractivity contribution is 7.91. The molecule has 1 aromatic carbocycles. The number of carboxylic acid groups (broad SMARTS) is 1. The number of methoxy groups -OCH3 is 1. The number of nitrogens with zero attached hydrogens (tertiary/aromatic N) is 1. The molecule has 1 heterocycles. The van der Waals surface area contributed by atoms with Crippen molar-refractivity contribution in [1.29, 1.82) is 0 Å². The summed E-state index contributed by atoms with van der Waals surface area (Å²) in [7, 11) is -2.29. The van der Waals surface area contributed by atoms with Crippen molar-refractivity contribution < 1.29 is 23.1 Å². The lowest BCUT2D eigenvalue weighted by molar-refractivity contribution is 0.0696. The zero-order valence-corrected chi connectivity index (χ0v) is 11.3. The SMILES string of the molecule is COc1ccc(S(=O)(=O)c2ccc(C(=O)O)cc2)cn1. The second-order valence-electron chi connectivity index (χ2n) is 3.87. The number of carboxylic acids is 1. The van der Waals surface area contributed by atoms with Gasteiger partial charge in [0.1, 0.15) is 0 Å². The predicted molar refractivity (Wildman–Crippen MR) is 69.6 cm³/mol. The summed E-state index contributed by atoms with van der Waals surface area (Å²) in [5.74, 6) is -0.801. The number of ether oxygens (including phenoxy) is 1. The lowest BCUT2D eigenvalue weighted by Gasteiger charge is -2.05. The van der Waals surface area contributed by atoms with Gasteiger partial charge in [-0.15, -0.1) is 0 Å². The van der Waals surface area contributed by atoms with Crippen molar-refractivity contribution in [1.82, 2.24) is 4.98 Å². The molecule has 0 radical (unpaired) electrons. The molecule has 0 aliphatic heterocycles. The first-order chi connectivity index (χ1) is 9.45. The van der Waals surface area contributed by atoms with Crippen LogP contribution in [0.5, 0.6) is 5.88 Å². The fraction of sp³-hybridized carbons (Fsp3) is 0.0769. The Kier molecular flexibility index (Phi) is 3.71. The third kappa shape index (κ3) is 2.62. The Balaban J connectivity index is 2.40. The van der Waals surface area contributed by atoms with Gasteiger partial charge < -0.3 is 9.84 Å². The Bertz CT molecular complexity index is 720. The Morgan fingerprint density at radius 1 is 1.10 bits per heavy atom. The Hall–Kier alpha value is -2.41. The van der Waals surface area contributed by atoms with E-state index in [0.717, 1.165) is 0 Å². The van der Waals surface area contributed by atoms with Crippen LogP contribution in [0.2, 0.25) is 0 Å². The van der Waals surface area contributed by atoms with Crippen molar-refractivity contribution in [3.63, 3.8) is 0 Å². The highest BCUT2D eigenvalue weighted by Crippen LogP contribution is 2.21. The topological polar surface area (TPSA) is 93.6 Å². The van der Waals surface area contributed by atoms with Crippen LogP contribution >= 0.6 is 0 Å². The number of carbonyl (C=O) groups is 1. The number of hydrogen-bond acceptors (Lipinski definition) is 5. The molecule has 104 valence electrons. The molecule has 6 nitrogen and oxygen atoms in total. The lowest BCUT2D eigenvalue weighted by Crippen LogP contribution is -2.04. The number of benzene rings is 1. The summed E-state index contributed by atoms with van der Waals surface area (Å²) in [5, 5.41) is 8.78. The van der Waals surface area contributed by atoms with E-state index in [1.54, 1.807) is 0 Å². The van der Waals surface area contributed by atoms with Gasteiger partial charge >= 0.3 is 5.97 Å². The van der Waals surface area contributed by atoms with Crippen molar-refractivity contribution in [2.75, 3.05) is 7.11 Å². The molecule has 2 rings (SSSR count). The minimum atomic E-state index is -3.72. The maximum atomic E-state index is 12.3. The van der Waals surface area contributed by atoms with Gasteiger partial charge in [0.25, 0.3) is 0 Å². The highest BCUT2D eigenvalue weighted by Gasteiger charge is 2.18. The van der Waals surface area contributed by atoms with Gasteiger partial charge in [-0.2, -0.15) is 0 Å². The molecule has 1 N–H and O–H groups in total. The van der Waals surface area contributed by atoms with Gasteiger partial charge in [-0.25, -0.2) is 18.2 Å². The monoisotopic (exact) mass is 293 g/mol. The molecular formula is C13H11NO5S. The van der Waals surface area contributed by atoms with Crippen molar-refractivity contribution in [3.8, 4) is 5.88 Å². The average molecular weight is 293 g/mol. The van der Waals surface area contributed by atoms with E-state index in [4.69, 9.17) is 9.84 Å². The van der Waals surface area contributed by atoms with E-state index < -0.39 is 15.8 Å². The zero-order valence-electron chi connectivity index (χ0n) is 10.5. The number of sulfone groups is 1. The van der Waals surface area contributed by atoms with E-state index in [9.17, 15) is 13.2 Å². The lowest BCUT2D eigenvalue weighted by atomic mass is 10.2. The van der Waals surface area contributed by atoms with Crippen LogP contribution in [-0.4, -0.2) is 31.6 Å². The van der Waals surface area contributed by atoms with Crippen LogP contribution in [0.25, 0.3) is 0 Å². The van der Waals surface area contributed by atoms with Crippen LogP contribution < -0.4 is 4.74 Å². The fourth-order valence-corrected chi connectivity index (χ4v) is 2.76. The molecule has 0 amide bonds. The van der Waals surface area contributed by atoms with Gasteiger partial charge in [-0.3, -0.25) is 0 Å². The third-order valence-corrected chi connectivity index (χ3v) is 4.40. The molecule has 0 saturated heterocycles. The van der Waals surface area contributed by atoms with Gasteiger partial charge in [-0.05, 0) is 30.3 Å². The highest BCUT2D eigenvalue weighted by atomic mass is 32.2. The minimum Gasteiger partial charge on any atom is -0.481 e. The summed E-state index contributed by atoms with van der Waals surface area (Å²) in [4.78, 5) is 14.6. The smallest absolute Gasteiger partial charge is 0.335 e. The summed E-state index contributed by atoms with van der Waals surface area (Å²) in [6, 6.07) is 7.81. The first kappa shape index (κ1) is 14.0. The van der Waals surface area contributed by atoms with E-state index in [0.29, 0.717) is 5.88 Å². The molecule has 1 aromatic heterocycles. The Morgan fingerprint density at radius 3 is 2.15 bits per heavy atom. The molecule has 2 aromatic rings. The fourth-order valence-electron chi connectivity index (χ4n) is 1.56. The van der Waals surface area contributed by atoms with E-state index in [1.165, 1.54) is 49.7 Å². The molecule has 0 atom stereocenters. The molecule has 0 aliphatic rings. The maximum absolute atomic E-state index is 12.3. The summed E-state index contributed by atoms with van der Waals surface area (Å²) in [5.41, 5.74) is 0.0248. The number of pyridine rings is 1. The largest absolute Gasteiger partial charge is 0.481 e. The van der Waals surface area contributed by atoms with Crippen molar-refractivity contribution >= 4 is 15.8 Å². The quantitative estimate of drug-likeness (QED) is 0.920. The van der Waals surface area contributed by atoms with Gasteiger partial charge in [0, 0.05) is 12.3 Å². The van der Waals surface area contributed by atoms with Crippen LogP contribution in [0, 0.1) is 0 Å². The van der Waals surface area contributed by atoms with Crippen LogP contribution in [0.4, 0.5) is 0 Å². The van der Waals surface area contributed by atoms with Gasteiger partial charge in [0.05, 0.1) is 22.5 Å². The molecular weight excluding hydrogens is 282 g/mol. The molecule has 0 bridgehead atoms. The summed E-state index contributed by atoms with van der Waals surface area (Å²) in [6.45, 7) is 0. The minimum absolute atomic E-state index is 0.00877. The number of aromatic nitrogens is 1. The number of rotatable bonds is 4.